The number of hydrogen-bond acceptors (Lipinski definition) is 7. The van der Waals surface area contributed by atoms with Gasteiger partial charge in [-0.2, -0.15) is 5.10 Å². The molecule has 0 bridgehead atoms. The van der Waals surface area contributed by atoms with Crippen molar-refractivity contribution in [2.75, 3.05) is 25.0 Å². The lowest BCUT2D eigenvalue weighted by Gasteiger charge is -2.42. The molecular weight excluding hydrogens is 686 g/mol. The van der Waals surface area contributed by atoms with Crippen LogP contribution < -0.4 is 16.0 Å². The molecule has 1 saturated carbocycles. The summed E-state index contributed by atoms with van der Waals surface area (Å²) in [5, 5.41) is 13.0. The van der Waals surface area contributed by atoms with Crippen LogP contribution in [0.25, 0.3) is 0 Å². The van der Waals surface area contributed by atoms with E-state index < -0.39 is 23.8 Å². The van der Waals surface area contributed by atoms with Crippen molar-refractivity contribution in [3.63, 3.8) is 0 Å². The molecule has 3 N–H and O–H groups in total. The van der Waals surface area contributed by atoms with Crippen molar-refractivity contribution in [1.82, 2.24) is 30.2 Å². The van der Waals surface area contributed by atoms with Gasteiger partial charge in [0, 0.05) is 51.4 Å². The van der Waals surface area contributed by atoms with E-state index in [0.29, 0.717) is 30.9 Å². The minimum Gasteiger partial charge on any atom is -0.444 e. The van der Waals surface area contributed by atoms with Crippen LogP contribution in [0.5, 0.6) is 0 Å². The van der Waals surface area contributed by atoms with Gasteiger partial charge in [0.05, 0.1) is 6.04 Å². The summed E-state index contributed by atoms with van der Waals surface area (Å²) in [6.45, 7) is 8.11. The van der Waals surface area contributed by atoms with Gasteiger partial charge in [-0.05, 0) is 75.3 Å². The highest BCUT2D eigenvalue weighted by molar-refractivity contribution is 6.00. The van der Waals surface area contributed by atoms with Crippen LogP contribution >= 0.6 is 0 Å². The molecule has 2 aliphatic rings. The lowest BCUT2D eigenvalue weighted by atomic mass is 9.83. The van der Waals surface area contributed by atoms with Crippen LogP contribution in [0.1, 0.15) is 87.8 Å². The third kappa shape index (κ3) is 10.9. The number of benzene rings is 2. The number of amides is 5. The quantitative estimate of drug-likeness (QED) is 0.240. The summed E-state index contributed by atoms with van der Waals surface area (Å²) in [5.41, 5.74) is 2.10. The maximum absolute atomic E-state index is 14.2. The van der Waals surface area contributed by atoms with Gasteiger partial charge in [0.1, 0.15) is 23.4 Å². The van der Waals surface area contributed by atoms with Crippen LogP contribution in [0.3, 0.4) is 0 Å². The number of hydrogen-bond donors (Lipinski definition) is 3. The fraction of sp³-hybridized carbons (Fsp3) is 0.512. The van der Waals surface area contributed by atoms with Gasteiger partial charge < -0.3 is 30.5 Å². The van der Waals surface area contributed by atoms with Crippen molar-refractivity contribution < 1.29 is 28.7 Å². The van der Waals surface area contributed by atoms with Crippen LogP contribution in [0.2, 0.25) is 0 Å². The molecule has 13 nitrogen and oxygen atoms in total. The Morgan fingerprint density at radius 3 is 2.22 bits per heavy atom. The molecule has 1 saturated heterocycles. The molecule has 5 rings (SSSR count). The summed E-state index contributed by atoms with van der Waals surface area (Å²) in [7, 11) is 1.69. The molecule has 3 atom stereocenters. The van der Waals surface area contributed by atoms with Gasteiger partial charge in [0.25, 0.3) is 5.91 Å². The summed E-state index contributed by atoms with van der Waals surface area (Å²) >= 11 is 0. The van der Waals surface area contributed by atoms with Gasteiger partial charge in [-0.25, -0.2) is 4.79 Å². The monoisotopic (exact) mass is 741 g/mol. The topological polar surface area (TPSA) is 155 Å². The number of nitrogens with one attached hydrogen (secondary N) is 3. The SMILES string of the molecule is CCC(=O)NC(Cc1ccc(NC(=O)C(NC(=O)c2ccnn2C)C2CCCCC2)cc1)C(=O)N1CCN(C(=O)OC(C)(C)C)C(Cc2ccccc2)C1. The maximum atomic E-state index is 14.2. The van der Waals surface area contributed by atoms with E-state index >= 15 is 0 Å². The van der Waals surface area contributed by atoms with Crippen molar-refractivity contribution >= 4 is 35.4 Å². The Labute approximate surface area is 318 Å². The van der Waals surface area contributed by atoms with Gasteiger partial charge in [-0.3, -0.25) is 23.9 Å². The molecule has 5 amide bonds. The highest BCUT2D eigenvalue weighted by Crippen LogP contribution is 2.28. The number of carbonyl (C=O) groups excluding carboxylic acids is 5. The van der Waals surface area contributed by atoms with E-state index in [-0.39, 0.29) is 55.0 Å². The second-order valence-corrected chi connectivity index (χ2v) is 15.4. The van der Waals surface area contributed by atoms with E-state index in [1.54, 1.807) is 48.2 Å². The summed E-state index contributed by atoms with van der Waals surface area (Å²) in [5.74, 6) is -1.09. The largest absolute Gasteiger partial charge is 0.444 e. The number of piperazine rings is 1. The first-order valence-corrected chi connectivity index (χ1v) is 19.1. The molecule has 3 unspecified atom stereocenters. The van der Waals surface area contributed by atoms with E-state index in [1.165, 1.54) is 4.68 Å². The molecule has 54 heavy (non-hydrogen) atoms. The molecule has 1 aromatic heterocycles. The molecular formula is C41H55N7O6. The van der Waals surface area contributed by atoms with Crippen LogP contribution in [0.15, 0.2) is 66.9 Å². The number of aryl methyl sites for hydroxylation is 1. The summed E-state index contributed by atoms with van der Waals surface area (Å²) in [6, 6.07) is 16.8. The minimum atomic E-state index is -0.832. The predicted molar refractivity (Wildman–Crippen MR) is 205 cm³/mol. The first kappa shape index (κ1) is 40.0. The van der Waals surface area contributed by atoms with Gasteiger partial charge in [0.2, 0.25) is 17.7 Å². The number of aromatic nitrogens is 2. The van der Waals surface area contributed by atoms with Gasteiger partial charge in [0.15, 0.2) is 0 Å². The van der Waals surface area contributed by atoms with Crippen LogP contribution in [0.4, 0.5) is 10.5 Å². The fourth-order valence-corrected chi connectivity index (χ4v) is 7.25. The average Bonchev–Trinajstić information content (AvgIpc) is 3.59. The molecule has 13 heteroatoms. The zero-order chi connectivity index (χ0) is 38.8. The molecule has 2 aromatic carbocycles. The van der Waals surface area contributed by atoms with Gasteiger partial charge >= 0.3 is 6.09 Å². The van der Waals surface area contributed by atoms with Gasteiger partial charge in [-0.15, -0.1) is 0 Å². The molecule has 2 heterocycles. The predicted octanol–water partition coefficient (Wildman–Crippen LogP) is 4.87. The Hall–Kier alpha value is -5.20. The van der Waals surface area contributed by atoms with Crippen LogP contribution in [0, 0.1) is 5.92 Å². The Morgan fingerprint density at radius 2 is 1.59 bits per heavy atom. The van der Waals surface area contributed by atoms with Crippen molar-refractivity contribution in [3.8, 4) is 0 Å². The standard InChI is InChI=1S/C41H55N7O6/c1-6-35(49)44-33(39(52)47-23-24-48(40(53)54-41(2,3)4)32(27-47)25-28-13-9-7-10-14-28)26-29-17-19-31(20-18-29)43-38(51)36(30-15-11-8-12-16-30)45-37(50)34-21-22-42-46(34)5/h7,9-10,13-14,17-22,30,32-33,36H,6,8,11-12,15-16,23-27H2,1-5H3,(H,43,51)(H,44,49)(H,45,50). The summed E-state index contributed by atoms with van der Waals surface area (Å²) in [6.07, 6.45) is 6.95. The minimum absolute atomic E-state index is 0.0161. The first-order valence-electron chi connectivity index (χ1n) is 19.1. The zero-order valence-electron chi connectivity index (χ0n) is 32.2. The zero-order valence-corrected chi connectivity index (χ0v) is 32.2. The lowest BCUT2D eigenvalue weighted by Crippen LogP contribution is -2.61. The second kappa shape index (κ2) is 18.2. The smallest absolute Gasteiger partial charge is 0.410 e. The molecule has 3 aromatic rings. The molecule has 290 valence electrons. The van der Waals surface area contributed by atoms with Crippen LogP contribution in [-0.4, -0.2) is 92.7 Å². The van der Waals surface area contributed by atoms with E-state index in [9.17, 15) is 24.0 Å². The highest BCUT2D eigenvalue weighted by atomic mass is 16.6. The highest BCUT2D eigenvalue weighted by Gasteiger charge is 2.37. The number of carbonyl (C=O) groups is 5. The van der Waals surface area contributed by atoms with E-state index in [1.807, 2.05) is 63.2 Å². The molecule has 1 aliphatic heterocycles. The van der Waals surface area contributed by atoms with E-state index in [2.05, 4.69) is 21.0 Å². The number of ether oxygens (including phenoxy) is 1. The summed E-state index contributed by atoms with van der Waals surface area (Å²) < 4.78 is 7.21. The van der Waals surface area contributed by atoms with Crippen LogP contribution in [-0.2, 0) is 39.0 Å². The Kier molecular flexibility index (Phi) is 13.5. The van der Waals surface area contributed by atoms with Crippen molar-refractivity contribution in [3.05, 3.63) is 83.7 Å². The molecule has 2 fully saturated rings. The Bertz CT molecular complexity index is 1750. The van der Waals surface area contributed by atoms with E-state index in [0.717, 1.165) is 43.2 Å². The second-order valence-electron chi connectivity index (χ2n) is 15.4. The number of nitrogens with zero attached hydrogens (tertiary/aromatic N) is 4. The van der Waals surface area contributed by atoms with Crippen molar-refractivity contribution in [2.24, 2.45) is 13.0 Å². The molecule has 1 aliphatic carbocycles. The molecule has 0 spiro atoms. The Balaban J connectivity index is 1.28. The Morgan fingerprint density at radius 1 is 0.889 bits per heavy atom. The normalized spacial score (nSPS) is 17.6. The summed E-state index contributed by atoms with van der Waals surface area (Å²) in [4.78, 5) is 70.3. The first-order chi connectivity index (χ1) is 25.8. The maximum Gasteiger partial charge on any atom is 0.410 e. The third-order valence-corrected chi connectivity index (χ3v) is 10.1. The molecule has 0 radical (unpaired) electrons. The van der Waals surface area contributed by atoms with Gasteiger partial charge in [-0.1, -0.05) is 68.7 Å². The average molecular weight is 742 g/mol. The number of anilines is 1. The van der Waals surface area contributed by atoms with E-state index in [4.69, 9.17) is 4.74 Å². The van der Waals surface area contributed by atoms with Crippen molar-refractivity contribution in [1.29, 1.82) is 0 Å². The van der Waals surface area contributed by atoms with Crippen molar-refractivity contribution in [2.45, 2.75) is 103 Å². The lowest BCUT2D eigenvalue weighted by molar-refractivity contribution is -0.139. The fourth-order valence-electron chi connectivity index (χ4n) is 7.25. The third-order valence-electron chi connectivity index (χ3n) is 10.1. The number of rotatable bonds is 12.